The minimum absolute atomic E-state index is 0.302. The van der Waals surface area contributed by atoms with Gasteiger partial charge in [0.1, 0.15) is 23.1 Å². The van der Waals surface area contributed by atoms with Gasteiger partial charge in [0.05, 0.1) is 7.11 Å². The van der Waals surface area contributed by atoms with Crippen LogP contribution < -0.4 is 15.2 Å². The third-order valence-corrected chi connectivity index (χ3v) is 2.52. The van der Waals surface area contributed by atoms with Crippen molar-refractivity contribution >= 4 is 5.69 Å². The van der Waals surface area contributed by atoms with Crippen molar-refractivity contribution in [1.29, 1.82) is 0 Å². The van der Waals surface area contributed by atoms with Gasteiger partial charge >= 0.3 is 0 Å². The molecule has 3 nitrogen and oxygen atoms in total. The standard InChI is InChI=1S/C14H14FNO2/c1-9-3-4-11(8-14(9)15)18-13-6-10(16)5-12(7-13)17-2/h3-8H,16H2,1-2H3. The Morgan fingerprint density at radius 2 is 1.72 bits per heavy atom. The molecule has 0 aromatic heterocycles. The van der Waals surface area contributed by atoms with Crippen molar-refractivity contribution in [1.82, 2.24) is 0 Å². The molecule has 18 heavy (non-hydrogen) atoms. The molecular weight excluding hydrogens is 233 g/mol. The van der Waals surface area contributed by atoms with Gasteiger partial charge in [0.15, 0.2) is 0 Å². The van der Waals surface area contributed by atoms with E-state index in [4.69, 9.17) is 15.2 Å². The summed E-state index contributed by atoms with van der Waals surface area (Å²) in [4.78, 5) is 0. The average Bonchev–Trinajstić information content (AvgIpc) is 2.33. The highest BCUT2D eigenvalue weighted by molar-refractivity contribution is 5.51. The monoisotopic (exact) mass is 247 g/mol. The lowest BCUT2D eigenvalue weighted by Gasteiger charge is -2.09. The van der Waals surface area contributed by atoms with Crippen LogP contribution in [-0.4, -0.2) is 7.11 Å². The van der Waals surface area contributed by atoms with Crippen LogP contribution >= 0.6 is 0 Å². The first-order valence-corrected chi connectivity index (χ1v) is 5.47. The Labute approximate surface area is 105 Å². The number of hydrogen-bond acceptors (Lipinski definition) is 3. The molecule has 0 saturated carbocycles. The molecule has 2 rings (SSSR count). The first kappa shape index (κ1) is 12.2. The predicted octanol–water partition coefficient (Wildman–Crippen LogP) is 3.52. The molecule has 2 aromatic rings. The SMILES string of the molecule is COc1cc(N)cc(Oc2ccc(C)c(F)c2)c1. The van der Waals surface area contributed by atoms with Crippen molar-refractivity contribution in [3.05, 3.63) is 47.8 Å². The van der Waals surface area contributed by atoms with Crippen molar-refractivity contribution in [2.75, 3.05) is 12.8 Å². The van der Waals surface area contributed by atoms with E-state index in [0.717, 1.165) is 0 Å². The van der Waals surface area contributed by atoms with Crippen molar-refractivity contribution < 1.29 is 13.9 Å². The summed E-state index contributed by atoms with van der Waals surface area (Å²) < 4.78 is 24.0. The Balaban J connectivity index is 2.27. The van der Waals surface area contributed by atoms with Crippen LogP contribution in [-0.2, 0) is 0 Å². The number of benzene rings is 2. The van der Waals surface area contributed by atoms with E-state index >= 15 is 0 Å². The zero-order valence-electron chi connectivity index (χ0n) is 10.2. The van der Waals surface area contributed by atoms with Crippen LogP contribution in [0.25, 0.3) is 0 Å². The number of halogens is 1. The summed E-state index contributed by atoms with van der Waals surface area (Å²) in [5.41, 5.74) is 6.81. The number of hydrogen-bond donors (Lipinski definition) is 1. The molecule has 4 heteroatoms. The maximum Gasteiger partial charge on any atom is 0.133 e. The topological polar surface area (TPSA) is 44.5 Å². The van der Waals surface area contributed by atoms with Gasteiger partial charge in [-0.15, -0.1) is 0 Å². The summed E-state index contributed by atoms with van der Waals surface area (Å²) in [5, 5.41) is 0. The maximum atomic E-state index is 13.4. The first-order valence-electron chi connectivity index (χ1n) is 5.47. The van der Waals surface area contributed by atoms with E-state index in [9.17, 15) is 4.39 Å². The summed E-state index contributed by atoms with van der Waals surface area (Å²) in [6, 6.07) is 9.73. The van der Waals surface area contributed by atoms with Gasteiger partial charge in [0.25, 0.3) is 0 Å². The van der Waals surface area contributed by atoms with Crippen LogP contribution in [0.4, 0.5) is 10.1 Å². The van der Waals surface area contributed by atoms with Gasteiger partial charge in [-0.05, 0) is 18.6 Å². The molecule has 94 valence electrons. The Hall–Kier alpha value is -2.23. The van der Waals surface area contributed by atoms with E-state index in [1.807, 2.05) is 0 Å². The molecule has 0 saturated heterocycles. The fraction of sp³-hybridized carbons (Fsp3) is 0.143. The number of nitrogen functional groups attached to an aromatic ring is 1. The largest absolute Gasteiger partial charge is 0.497 e. The number of ether oxygens (including phenoxy) is 2. The molecule has 0 fully saturated rings. The van der Waals surface area contributed by atoms with Crippen LogP contribution in [0.2, 0.25) is 0 Å². The molecule has 0 atom stereocenters. The molecule has 0 bridgehead atoms. The quantitative estimate of drug-likeness (QED) is 0.844. The smallest absolute Gasteiger partial charge is 0.133 e. The molecule has 0 radical (unpaired) electrons. The highest BCUT2D eigenvalue weighted by Crippen LogP contribution is 2.29. The van der Waals surface area contributed by atoms with Gasteiger partial charge in [0.2, 0.25) is 0 Å². The normalized spacial score (nSPS) is 10.2. The number of nitrogens with two attached hydrogens (primary N) is 1. The highest BCUT2D eigenvalue weighted by Gasteiger charge is 2.04. The van der Waals surface area contributed by atoms with Crippen LogP contribution in [0.15, 0.2) is 36.4 Å². The second kappa shape index (κ2) is 4.96. The molecule has 0 amide bonds. The summed E-state index contributed by atoms with van der Waals surface area (Å²) >= 11 is 0. The Morgan fingerprint density at radius 3 is 2.39 bits per heavy atom. The molecule has 0 unspecified atom stereocenters. The van der Waals surface area contributed by atoms with Gasteiger partial charge in [-0.2, -0.15) is 0 Å². The summed E-state index contributed by atoms with van der Waals surface area (Å²) in [5.74, 6) is 1.22. The molecule has 0 aliphatic heterocycles. The fourth-order valence-corrected chi connectivity index (χ4v) is 1.54. The first-order chi connectivity index (χ1) is 8.58. The summed E-state index contributed by atoms with van der Waals surface area (Å²) in [6.45, 7) is 1.70. The summed E-state index contributed by atoms with van der Waals surface area (Å²) in [7, 11) is 1.55. The van der Waals surface area contributed by atoms with E-state index in [1.54, 1.807) is 44.4 Å². The van der Waals surface area contributed by atoms with Crippen molar-refractivity contribution in [3.8, 4) is 17.2 Å². The van der Waals surface area contributed by atoms with Gasteiger partial charge in [-0.25, -0.2) is 4.39 Å². The molecular formula is C14H14FNO2. The van der Waals surface area contributed by atoms with Crippen molar-refractivity contribution in [2.24, 2.45) is 0 Å². The minimum Gasteiger partial charge on any atom is -0.497 e. The number of rotatable bonds is 3. The van der Waals surface area contributed by atoms with E-state index in [1.165, 1.54) is 6.07 Å². The Bertz CT molecular complexity index is 570. The molecule has 0 heterocycles. The number of anilines is 1. The molecule has 0 aliphatic carbocycles. The van der Waals surface area contributed by atoms with Crippen LogP contribution in [0, 0.1) is 12.7 Å². The third kappa shape index (κ3) is 2.71. The lowest BCUT2D eigenvalue weighted by molar-refractivity contribution is 0.409. The van der Waals surface area contributed by atoms with Crippen LogP contribution in [0.5, 0.6) is 17.2 Å². The molecule has 0 spiro atoms. The lowest BCUT2D eigenvalue weighted by atomic mass is 10.2. The number of methoxy groups -OCH3 is 1. The van der Waals surface area contributed by atoms with Crippen LogP contribution in [0.1, 0.15) is 5.56 Å². The van der Waals surface area contributed by atoms with E-state index in [0.29, 0.717) is 28.5 Å². The maximum absolute atomic E-state index is 13.4. The van der Waals surface area contributed by atoms with E-state index in [-0.39, 0.29) is 5.82 Å². The van der Waals surface area contributed by atoms with E-state index < -0.39 is 0 Å². The second-order valence-electron chi connectivity index (χ2n) is 3.95. The molecule has 2 N–H and O–H groups in total. The van der Waals surface area contributed by atoms with Gasteiger partial charge < -0.3 is 15.2 Å². The van der Waals surface area contributed by atoms with Crippen molar-refractivity contribution in [2.45, 2.75) is 6.92 Å². The molecule has 2 aromatic carbocycles. The predicted molar refractivity (Wildman–Crippen MR) is 68.6 cm³/mol. The van der Waals surface area contributed by atoms with Crippen molar-refractivity contribution in [3.63, 3.8) is 0 Å². The Kier molecular flexibility index (Phi) is 3.37. The zero-order valence-corrected chi connectivity index (χ0v) is 10.2. The Morgan fingerprint density at radius 1 is 1.00 bits per heavy atom. The average molecular weight is 247 g/mol. The molecule has 0 aliphatic rings. The highest BCUT2D eigenvalue weighted by atomic mass is 19.1. The van der Waals surface area contributed by atoms with Gasteiger partial charge in [-0.3, -0.25) is 0 Å². The minimum atomic E-state index is -0.302. The fourth-order valence-electron chi connectivity index (χ4n) is 1.54. The van der Waals surface area contributed by atoms with Gasteiger partial charge in [-0.1, -0.05) is 6.07 Å². The number of aryl methyl sites for hydroxylation is 1. The second-order valence-corrected chi connectivity index (χ2v) is 3.95. The van der Waals surface area contributed by atoms with Crippen LogP contribution in [0.3, 0.4) is 0 Å². The third-order valence-electron chi connectivity index (χ3n) is 2.52. The van der Waals surface area contributed by atoms with Gasteiger partial charge in [0, 0.05) is 30.0 Å². The lowest BCUT2D eigenvalue weighted by Crippen LogP contribution is -1.92. The van der Waals surface area contributed by atoms with E-state index in [2.05, 4.69) is 0 Å². The summed E-state index contributed by atoms with van der Waals surface area (Å²) in [6.07, 6.45) is 0. The zero-order chi connectivity index (χ0) is 13.1.